The molecule has 0 aliphatic carbocycles. The Balaban J connectivity index is 2.76. The minimum Gasteiger partial charge on any atom is -0.386 e. The first kappa shape index (κ1) is 14.6. The number of nitrogens with one attached hydrogen (secondary N) is 1. The molecule has 1 amide bonds. The lowest BCUT2D eigenvalue weighted by Gasteiger charge is -2.23. The fraction of sp³-hybridized carbons (Fsp3) is 0.500. The summed E-state index contributed by atoms with van der Waals surface area (Å²) in [6.45, 7) is 3.76. The summed E-state index contributed by atoms with van der Waals surface area (Å²) in [5.41, 5.74) is 0.223. The van der Waals surface area contributed by atoms with Gasteiger partial charge >= 0.3 is 0 Å². The van der Waals surface area contributed by atoms with Crippen LogP contribution in [0.15, 0.2) is 24.3 Å². The van der Waals surface area contributed by atoms with Crippen molar-refractivity contribution in [2.24, 2.45) is 0 Å². The summed E-state index contributed by atoms with van der Waals surface area (Å²) < 4.78 is 13.5. The van der Waals surface area contributed by atoms with Crippen LogP contribution in [0, 0.1) is 5.82 Å². The molecule has 0 heterocycles. The highest BCUT2D eigenvalue weighted by molar-refractivity contribution is 5.76. The smallest absolute Gasteiger partial charge is 0.220 e. The van der Waals surface area contributed by atoms with Crippen molar-refractivity contribution in [3.8, 4) is 0 Å². The van der Waals surface area contributed by atoms with Crippen molar-refractivity contribution in [3.05, 3.63) is 35.6 Å². The molecule has 4 heteroatoms. The molecule has 0 unspecified atom stereocenters. The lowest BCUT2D eigenvalue weighted by molar-refractivity contribution is -0.122. The zero-order chi connectivity index (χ0) is 13.5. The quantitative estimate of drug-likeness (QED) is 0.818. The van der Waals surface area contributed by atoms with Gasteiger partial charge in [-0.05, 0) is 18.9 Å². The Morgan fingerprint density at radius 1 is 1.39 bits per heavy atom. The first-order valence-corrected chi connectivity index (χ1v) is 6.32. The Bertz CT molecular complexity index is 395. The molecular formula is C14H20FNO2. The van der Waals surface area contributed by atoms with Crippen LogP contribution in [0.2, 0.25) is 0 Å². The summed E-state index contributed by atoms with van der Waals surface area (Å²) in [6, 6.07) is 5.62. The number of benzene rings is 1. The minimum absolute atomic E-state index is 0.111. The maximum absolute atomic E-state index is 13.5. The third kappa shape index (κ3) is 3.81. The molecule has 100 valence electrons. The van der Waals surface area contributed by atoms with E-state index in [0.29, 0.717) is 12.8 Å². The second-order valence-corrected chi connectivity index (χ2v) is 4.30. The molecule has 0 radical (unpaired) electrons. The van der Waals surface area contributed by atoms with Gasteiger partial charge in [0.25, 0.3) is 0 Å². The van der Waals surface area contributed by atoms with Crippen molar-refractivity contribution < 1.29 is 14.3 Å². The lowest BCUT2D eigenvalue weighted by atomic mass is 9.99. The van der Waals surface area contributed by atoms with Crippen LogP contribution in [-0.4, -0.2) is 17.1 Å². The van der Waals surface area contributed by atoms with Gasteiger partial charge in [0.15, 0.2) is 0 Å². The van der Waals surface area contributed by atoms with Crippen LogP contribution < -0.4 is 5.32 Å². The average Bonchev–Trinajstić information content (AvgIpc) is 2.36. The monoisotopic (exact) mass is 253 g/mol. The number of rotatable bonds is 6. The van der Waals surface area contributed by atoms with Crippen molar-refractivity contribution in [1.82, 2.24) is 5.32 Å². The average molecular weight is 253 g/mol. The number of halogens is 1. The zero-order valence-electron chi connectivity index (χ0n) is 10.8. The summed E-state index contributed by atoms with van der Waals surface area (Å²) in [4.78, 5) is 11.5. The van der Waals surface area contributed by atoms with Crippen LogP contribution >= 0.6 is 0 Å². The maximum Gasteiger partial charge on any atom is 0.220 e. The predicted molar refractivity (Wildman–Crippen MR) is 68.5 cm³/mol. The Morgan fingerprint density at radius 3 is 2.61 bits per heavy atom. The standard InChI is InChI=1S/C14H20FNO2/c1-3-7-13(17)16-12(4-2)14(18)10-8-5-6-9-11(10)15/h5-6,8-9,12,14,18H,3-4,7H2,1-2H3,(H,16,17)/t12-,14-/m1/s1. The molecule has 0 aromatic heterocycles. The number of carbonyl (C=O) groups is 1. The predicted octanol–water partition coefficient (Wildman–Crippen LogP) is 2.55. The van der Waals surface area contributed by atoms with Crippen LogP contribution in [0.1, 0.15) is 44.8 Å². The maximum atomic E-state index is 13.5. The fourth-order valence-corrected chi connectivity index (χ4v) is 1.84. The highest BCUT2D eigenvalue weighted by atomic mass is 19.1. The zero-order valence-corrected chi connectivity index (χ0v) is 10.8. The van der Waals surface area contributed by atoms with E-state index in [1.165, 1.54) is 12.1 Å². The molecule has 1 aromatic carbocycles. The molecule has 2 atom stereocenters. The van der Waals surface area contributed by atoms with E-state index in [0.717, 1.165) is 6.42 Å². The van der Waals surface area contributed by atoms with E-state index in [-0.39, 0.29) is 11.5 Å². The topological polar surface area (TPSA) is 49.3 Å². The van der Waals surface area contributed by atoms with Crippen LogP contribution in [-0.2, 0) is 4.79 Å². The molecule has 1 aromatic rings. The van der Waals surface area contributed by atoms with Gasteiger partial charge in [-0.2, -0.15) is 0 Å². The molecule has 0 saturated carbocycles. The second-order valence-electron chi connectivity index (χ2n) is 4.30. The molecule has 3 nitrogen and oxygen atoms in total. The fourth-order valence-electron chi connectivity index (χ4n) is 1.84. The molecule has 0 aliphatic heterocycles. The molecule has 0 spiro atoms. The molecule has 1 rings (SSSR count). The van der Waals surface area contributed by atoms with E-state index in [1.807, 2.05) is 13.8 Å². The van der Waals surface area contributed by atoms with Crippen LogP contribution in [0.5, 0.6) is 0 Å². The second kappa shape index (κ2) is 7.11. The summed E-state index contributed by atoms with van der Waals surface area (Å²) in [6.07, 6.45) is 0.695. The normalized spacial score (nSPS) is 14.0. The van der Waals surface area contributed by atoms with E-state index in [2.05, 4.69) is 5.32 Å². The molecule has 0 bridgehead atoms. The van der Waals surface area contributed by atoms with Gasteiger partial charge in [-0.15, -0.1) is 0 Å². The van der Waals surface area contributed by atoms with Gasteiger partial charge in [-0.1, -0.05) is 32.0 Å². The van der Waals surface area contributed by atoms with Crippen molar-refractivity contribution >= 4 is 5.91 Å². The Kier molecular flexibility index (Phi) is 5.78. The van der Waals surface area contributed by atoms with E-state index in [1.54, 1.807) is 12.1 Å². The van der Waals surface area contributed by atoms with Crippen molar-refractivity contribution in [3.63, 3.8) is 0 Å². The molecule has 18 heavy (non-hydrogen) atoms. The van der Waals surface area contributed by atoms with Gasteiger partial charge < -0.3 is 10.4 Å². The minimum atomic E-state index is -1.02. The van der Waals surface area contributed by atoms with Crippen molar-refractivity contribution in [1.29, 1.82) is 0 Å². The summed E-state index contributed by atoms with van der Waals surface area (Å²) in [5, 5.41) is 12.9. The highest BCUT2D eigenvalue weighted by Crippen LogP contribution is 2.21. The third-order valence-electron chi connectivity index (χ3n) is 2.87. The number of hydrogen-bond acceptors (Lipinski definition) is 2. The third-order valence-corrected chi connectivity index (χ3v) is 2.87. The van der Waals surface area contributed by atoms with Gasteiger partial charge in [0.05, 0.1) is 6.04 Å². The molecule has 2 N–H and O–H groups in total. The Hall–Kier alpha value is -1.42. The molecule has 0 saturated heterocycles. The number of aliphatic hydroxyl groups is 1. The first-order chi connectivity index (χ1) is 8.60. The van der Waals surface area contributed by atoms with Crippen molar-refractivity contribution in [2.75, 3.05) is 0 Å². The number of carbonyl (C=O) groups excluding carboxylic acids is 1. The Labute approximate surface area is 107 Å². The van der Waals surface area contributed by atoms with Gasteiger partial charge in [0, 0.05) is 12.0 Å². The summed E-state index contributed by atoms with van der Waals surface area (Å²) >= 11 is 0. The van der Waals surface area contributed by atoms with E-state index >= 15 is 0 Å². The van der Waals surface area contributed by atoms with Crippen molar-refractivity contribution in [2.45, 2.75) is 45.3 Å². The van der Waals surface area contributed by atoms with Crippen LogP contribution in [0.3, 0.4) is 0 Å². The van der Waals surface area contributed by atoms with Gasteiger partial charge in [-0.3, -0.25) is 4.79 Å². The first-order valence-electron chi connectivity index (χ1n) is 6.32. The molecule has 0 aliphatic rings. The van der Waals surface area contributed by atoms with E-state index < -0.39 is 18.0 Å². The van der Waals surface area contributed by atoms with Gasteiger partial charge in [0.1, 0.15) is 11.9 Å². The molecule has 0 fully saturated rings. The molecular weight excluding hydrogens is 233 g/mol. The van der Waals surface area contributed by atoms with Crippen LogP contribution in [0.4, 0.5) is 4.39 Å². The van der Waals surface area contributed by atoms with Crippen LogP contribution in [0.25, 0.3) is 0 Å². The van der Waals surface area contributed by atoms with Gasteiger partial charge in [-0.25, -0.2) is 4.39 Å². The number of aliphatic hydroxyl groups excluding tert-OH is 1. The van der Waals surface area contributed by atoms with E-state index in [9.17, 15) is 14.3 Å². The largest absolute Gasteiger partial charge is 0.386 e. The van der Waals surface area contributed by atoms with Gasteiger partial charge in [0.2, 0.25) is 5.91 Å². The summed E-state index contributed by atoms with van der Waals surface area (Å²) in [7, 11) is 0. The number of hydrogen-bond donors (Lipinski definition) is 2. The lowest BCUT2D eigenvalue weighted by Crippen LogP contribution is -2.39. The number of amides is 1. The SMILES string of the molecule is CCCC(=O)N[C@H](CC)[C@H](O)c1ccccc1F. The summed E-state index contributed by atoms with van der Waals surface area (Å²) in [5.74, 6) is -0.562. The van der Waals surface area contributed by atoms with E-state index in [4.69, 9.17) is 0 Å². The Morgan fingerprint density at radius 2 is 2.06 bits per heavy atom. The highest BCUT2D eigenvalue weighted by Gasteiger charge is 2.23.